The van der Waals surface area contributed by atoms with Crippen LogP contribution in [0, 0.1) is 18.8 Å². The zero-order chi connectivity index (χ0) is 15.9. The molecule has 0 fully saturated rings. The molecular formula is C16H13N3O3. The van der Waals surface area contributed by atoms with Gasteiger partial charge in [-0.05, 0) is 36.7 Å². The fourth-order valence-corrected chi connectivity index (χ4v) is 2.51. The van der Waals surface area contributed by atoms with Gasteiger partial charge in [0.15, 0.2) is 0 Å². The molecule has 110 valence electrons. The first-order valence-electron chi connectivity index (χ1n) is 6.67. The molecule has 0 amide bonds. The van der Waals surface area contributed by atoms with Crippen LogP contribution in [0.25, 0.3) is 16.9 Å². The summed E-state index contributed by atoms with van der Waals surface area (Å²) in [7, 11) is 0. The summed E-state index contributed by atoms with van der Waals surface area (Å²) in [4.78, 5) is 26.7. The number of carboxylic acids is 1. The van der Waals surface area contributed by atoms with Gasteiger partial charge < -0.3 is 5.11 Å². The quantitative estimate of drug-likeness (QED) is 0.746. The van der Waals surface area contributed by atoms with E-state index in [1.54, 1.807) is 0 Å². The van der Waals surface area contributed by atoms with Gasteiger partial charge in [-0.25, -0.2) is 9.78 Å². The molecule has 6 heteroatoms. The van der Waals surface area contributed by atoms with Gasteiger partial charge in [0.25, 0.3) is 0 Å². The van der Waals surface area contributed by atoms with Gasteiger partial charge in [0.2, 0.25) is 5.82 Å². The molecular weight excluding hydrogens is 282 g/mol. The van der Waals surface area contributed by atoms with E-state index in [2.05, 4.69) is 10.2 Å². The summed E-state index contributed by atoms with van der Waals surface area (Å²) in [6.45, 7) is 3.92. The maximum atomic E-state index is 11.2. The van der Waals surface area contributed by atoms with E-state index in [4.69, 9.17) is 5.11 Å². The van der Waals surface area contributed by atoms with Crippen molar-refractivity contribution in [1.82, 2.24) is 9.38 Å². The number of aromatic nitrogens is 2. The lowest BCUT2D eigenvalue weighted by molar-refractivity contribution is 0.0697. The number of nitroso groups, excluding NO2 is 1. The molecule has 6 nitrogen and oxygen atoms in total. The maximum Gasteiger partial charge on any atom is 0.335 e. The molecule has 0 unspecified atom stereocenters. The third kappa shape index (κ3) is 2.14. The lowest BCUT2D eigenvalue weighted by Gasteiger charge is -2.04. The topological polar surface area (TPSA) is 84.0 Å². The van der Waals surface area contributed by atoms with Crippen LogP contribution in [0.1, 0.15) is 21.5 Å². The first-order valence-corrected chi connectivity index (χ1v) is 6.67. The molecule has 22 heavy (non-hydrogen) atoms. The van der Waals surface area contributed by atoms with Gasteiger partial charge in [-0.15, -0.1) is 4.91 Å². The van der Waals surface area contributed by atoms with E-state index in [1.165, 1.54) is 22.7 Å². The van der Waals surface area contributed by atoms with Crippen LogP contribution in [-0.4, -0.2) is 20.5 Å². The van der Waals surface area contributed by atoms with Gasteiger partial charge >= 0.3 is 5.97 Å². The molecule has 0 radical (unpaired) electrons. The summed E-state index contributed by atoms with van der Waals surface area (Å²) >= 11 is 0. The number of fused-ring (bicyclic) bond motifs is 1. The van der Waals surface area contributed by atoms with Crippen molar-refractivity contribution in [2.75, 3.05) is 0 Å². The number of aryl methyl sites for hydroxylation is 2. The number of benzene rings is 1. The number of carbonyl (C=O) groups is 1. The molecule has 0 saturated carbocycles. The van der Waals surface area contributed by atoms with Crippen LogP contribution < -0.4 is 0 Å². The molecule has 3 rings (SSSR count). The average Bonchev–Trinajstić information content (AvgIpc) is 2.84. The van der Waals surface area contributed by atoms with Gasteiger partial charge in [-0.3, -0.25) is 4.40 Å². The molecule has 2 aromatic heterocycles. The smallest absolute Gasteiger partial charge is 0.335 e. The molecule has 2 heterocycles. The highest BCUT2D eigenvalue weighted by Crippen LogP contribution is 2.33. The van der Waals surface area contributed by atoms with Crippen LogP contribution in [-0.2, 0) is 0 Å². The predicted molar refractivity (Wildman–Crippen MR) is 82.5 cm³/mol. The van der Waals surface area contributed by atoms with Gasteiger partial charge in [0.05, 0.1) is 5.56 Å². The number of hydrogen-bond donors (Lipinski definition) is 1. The number of hydrogen-bond acceptors (Lipinski definition) is 4. The van der Waals surface area contributed by atoms with Crippen molar-refractivity contribution in [2.24, 2.45) is 5.18 Å². The molecule has 1 N–H and O–H groups in total. The Hall–Kier alpha value is -3.02. The minimum absolute atomic E-state index is 0.113. The Morgan fingerprint density at radius 1 is 1.23 bits per heavy atom. The highest BCUT2D eigenvalue weighted by Gasteiger charge is 2.17. The predicted octanol–water partition coefficient (Wildman–Crippen LogP) is 3.71. The Morgan fingerprint density at radius 3 is 2.64 bits per heavy atom. The number of aromatic carboxylic acids is 1. The van der Waals surface area contributed by atoms with Gasteiger partial charge in [0.1, 0.15) is 11.3 Å². The normalized spacial score (nSPS) is 10.8. The summed E-state index contributed by atoms with van der Waals surface area (Å²) in [6.07, 6.45) is 1.50. The second kappa shape index (κ2) is 5.07. The SMILES string of the molecule is Cc1ccc(-c2nc3cc(C(=O)O)ccn3c2N=O)c(C)c1. The molecule has 0 aliphatic carbocycles. The molecule has 1 aromatic carbocycles. The van der Waals surface area contributed by atoms with Gasteiger partial charge in [0, 0.05) is 11.8 Å². The van der Waals surface area contributed by atoms with E-state index in [9.17, 15) is 9.70 Å². The lowest BCUT2D eigenvalue weighted by Crippen LogP contribution is -1.97. The first kappa shape index (κ1) is 13.9. The van der Waals surface area contributed by atoms with Gasteiger partial charge in [-0.2, -0.15) is 0 Å². The van der Waals surface area contributed by atoms with Crippen molar-refractivity contribution in [2.45, 2.75) is 13.8 Å². The van der Waals surface area contributed by atoms with E-state index in [-0.39, 0.29) is 11.4 Å². The third-order valence-corrected chi connectivity index (χ3v) is 3.57. The summed E-state index contributed by atoms with van der Waals surface area (Å²) < 4.78 is 1.49. The fourth-order valence-electron chi connectivity index (χ4n) is 2.51. The number of pyridine rings is 1. The highest BCUT2D eigenvalue weighted by atomic mass is 16.4. The van der Waals surface area contributed by atoms with E-state index >= 15 is 0 Å². The van der Waals surface area contributed by atoms with Crippen molar-refractivity contribution in [3.05, 3.63) is 58.1 Å². The molecule has 0 aliphatic rings. The van der Waals surface area contributed by atoms with Crippen molar-refractivity contribution in [1.29, 1.82) is 0 Å². The van der Waals surface area contributed by atoms with E-state index in [1.807, 2.05) is 32.0 Å². The number of carboxylic acid groups (broad SMARTS) is 1. The molecule has 0 atom stereocenters. The number of imidazole rings is 1. The second-order valence-corrected chi connectivity index (χ2v) is 5.14. The Morgan fingerprint density at radius 2 is 2.00 bits per heavy atom. The second-order valence-electron chi connectivity index (χ2n) is 5.14. The van der Waals surface area contributed by atoms with Crippen LogP contribution in [0.3, 0.4) is 0 Å². The summed E-state index contributed by atoms with van der Waals surface area (Å²) in [6, 6.07) is 8.65. The van der Waals surface area contributed by atoms with Crippen LogP contribution in [0.4, 0.5) is 5.82 Å². The van der Waals surface area contributed by atoms with Crippen LogP contribution in [0.5, 0.6) is 0 Å². The van der Waals surface area contributed by atoms with Crippen LogP contribution >= 0.6 is 0 Å². The minimum atomic E-state index is -1.04. The Bertz CT molecular complexity index is 912. The van der Waals surface area contributed by atoms with Crippen molar-refractivity contribution >= 4 is 17.4 Å². The van der Waals surface area contributed by atoms with Crippen LogP contribution in [0.15, 0.2) is 41.7 Å². The Labute approximate surface area is 126 Å². The van der Waals surface area contributed by atoms with Crippen molar-refractivity contribution in [3.63, 3.8) is 0 Å². The van der Waals surface area contributed by atoms with Crippen molar-refractivity contribution in [3.8, 4) is 11.3 Å². The largest absolute Gasteiger partial charge is 0.478 e. The van der Waals surface area contributed by atoms with E-state index in [0.717, 1.165) is 16.7 Å². The molecule has 0 bridgehead atoms. The first-order chi connectivity index (χ1) is 10.5. The monoisotopic (exact) mass is 295 g/mol. The molecule has 3 aromatic rings. The zero-order valence-corrected chi connectivity index (χ0v) is 12.1. The number of nitrogens with zero attached hydrogens (tertiary/aromatic N) is 3. The van der Waals surface area contributed by atoms with Crippen LogP contribution in [0.2, 0.25) is 0 Å². The Kier molecular flexibility index (Phi) is 3.21. The zero-order valence-electron chi connectivity index (χ0n) is 12.1. The third-order valence-electron chi connectivity index (χ3n) is 3.57. The fraction of sp³-hybridized carbons (Fsp3) is 0.125. The maximum absolute atomic E-state index is 11.2. The summed E-state index contributed by atoms with van der Waals surface area (Å²) in [5.41, 5.74) is 3.84. The summed E-state index contributed by atoms with van der Waals surface area (Å²) in [5.74, 6) is -0.877. The van der Waals surface area contributed by atoms with E-state index in [0.29, 0.717) is 11.3 Å². The highest BCUT2D eigenvalue weighted by molar-refractivity contribution is 5.89. The minimum Gasteiger partial charge on any atom is -0.478 e. The molecule has 0 saturated heterocycles. The van der Waals surface area contributed by atoms with Crippen molar-refractivity contribution < 1.29 is 9.90 Å². The molecule has 0 aliphatic heterocycles. The Balaban J connectivity index is 2.29. The summed E-state index contributed by atoms with van der Waals surface area (Å²) in [5, 5.41) is 12.1. The average molecular weight is 295 g/mol. The number of rotatable bonds is 3. The molecule has 0 spiro atoms. The van der Waals surface area contributed by atoms with Gasteiger partial charge in [-0.1, -0.05) is 23.8 Å². The van der Waals surface area contributed by atoms with E-state index < -0.39 is 5.97 Å². The standard InChI is InChI=1S/C16H13N3O3/c1-9-3-4-12(10(2)7-9)14-15(18-22)19-6-5-11(16(20)21)8-13(19)17-14/h3-8H,1-2H3,(H,20,21). The lowest BCUT2D eigenvalue weighted by atomic mass is 10.0.